The Labute approximate surface area is 120 Å². The first-order chi connectivity index (χ1) is 9.76. The number of rotatable bonds is 9. The van der Waals surface area contributed by atoms with Gasteiger partial charge in [-0.3, -0.25) is 0 Å². The SMILES string of the molecule is CCNC(CNC(=O)OCc1ccccc1)COCC. The van der Waals surface area contributed by atoms with Crippen molar-refractivity contribution in [3.05, 3.63) is 35.9 Å². The summed E-state index contributed by atoms with van der Waals surface area (Å²) >= 11 is 0. The Balaban J connectivity index is 2.23. The molecule has 1 aromatic rings. The minimum Gasteiger partial charge on any atom is -0.445 e. The van der Waals surface area contributed by atoms with E-state index in [9.17, 15) is 4.79 Å². The number of likely N-dealkylation sites (N-methyl/N-ethyl adjacent to an activating group) is 1. The highest BCUT2D eigenvalue weighted by Crippen LogP contribution is 2.00. The summed E-state index contributed by atoms with van der Waals surface area (Å²) < 4.78 is 10.5. The molecule has 1 aromatic carbocycles. The minimum absolute atomic E-state index is 0.101. The molecule has 1 amide bonds. The zero-order valence-corrected chi connectivity index (χ0v) is 12.2. The third-order valence-electron chi connectivity index (χ3n) is 2.72. The van der Waals surface area contributed by atoms with Crippen LogP contribution in [0, 0.1) is 0 Å². The van der Waals surface area contributed by atoms with Crippen molar-refractivity contribution in [1.82, 2.24) is 10.6 Å². The lowest BCUT2D eigenvalue weighted by Gasteiger charge is -2.18. The van der Waals surface area contributed by atoms with Crippen molar-refractivity contribution in [3.8, 4) is 0 Å². The normalized spacial score (nSPS) is 11.9. The number of hydrogen-bond acceptors (Lipinski definition) is 4. The predicted molar refractivity (Wildman–Crippen MR) is 78.6 cm³/mol. The molecule has 5 heteroatoms. The second-order valence-electron chi connectivity index (χ2n) is 4.36. The van der Waals surface area contributed by atoms with Crippen LogP contribution < -0.4 is 10.6 Å². The zero-order valence-electron chi connectivity index (χ0n) is 12.2. The predicted octanol–water partition coefficient (Wildman–Crippen LogP) is 1.93. The summed E-state index contributed by atoms with van der Waals surface area (Å²) in [6.45, 7) is 6.81. The highest BCUT2D eigenvalue weighted by molar-refractivity contribution is 5.67. The lowest BCUT2D eigenvalue weighted by atomic mass is 10.2. The largest absolute Gasteiger partial charge is 0.445 e. The first-order valence-corrected chi connectivity index (χ1v) is 7.02. The Morgan fingerprint density at radius 2 is 2.00 bits per heavy atom. The third-order valence-corrected chi connectivity index (χ3v) is 2.72. The van der Waals surface area contributed by atoms with Gasteiger partial charge in [0.2, 0.25) is 0 Å². The maximum absolute atomic E-state index is 11.6. The summed E-state index contributed by atoms with van der Waals surface area (Å²) in [5, 5.41) is 5.99. The van der Waals surface area contributed by atoms with Gasteiger partial charge in [0.15, 0.2) is 0 Å². The van der Waals surface area contributed by atoms with E-state index in [1.165, 1.54) is 0 Å². The van der Waals surface area contributed by atoms with Crippen LogP contribution in [0.5, 0.6) is 0 Å². The highest BCUT2D eigenvalue weighted by atomic mass is 16.5. The van der Waals surface area contributed by atoms with E-state index in [2.05, 4.69) is 10.6 Å². The van der Waals surface area contributed by atoms with Gasteiger partial charge in [0.1, 0.15) is 6.61 Å². The fourth-order valence-corrected chi connectivity index (χ4v) is 1.72. The average molecular weight is 280 g/mol. The fourth-order valence-electron chi connectivity index (χ4n) is 1.72. The fraction of sp³-hybridized carbons (Fsp3) is 0.533. The molecule has 0 saturated carbocycles. The van der Waals surface area contributed by atoms with Gasteiger partial charge >= 0.3 is 6.09 Å². The molecular weight excluding hydrogens is 256 g/mol. The third kappa shape index (κ3) is 7.11. The molecule has 0 aromatic heterocycles. The molecule has 0 bridgehead atoms. The van der Waals surface area contributed by atoms with Gasteiger partial charge in [0.05, 0.1) is 6.61 Å². The molecule has 20 heavy (non-hydrogen) atoms. The summed E-state index contributed by atoms with van der Waals surface area (Å²) in [6, 6.07) is 9.70. The van der Waals surface area contributed by atoms with Gasteiger partial charge in [-0.05, 0) is 19.0 Å². The van der Waals surface area contributed by atoms with E-state index in [-0.39, 0.29) is 12.6 Å². The molecular formula is C15H24N2O3. The number of benzene rings is 1. The molecule has 0 spiro atoms. The van der Waals surface area contributed by atoms with Crippen molar-refractivity contribution >= 4 is 6.09 Å². The Kier molecular flexibility index (Phi) is 8.42. The first kappa shape index (κ1) is 16.5. The molecule has 1 atom stereocenters. The molecule has 0 aliphatic carbocycles. The maximum atomic E-state index is 11.6. The molecule has 2 N–H and O–H groups in total. The van der Waals surface area contributed by atoms with Gasteiger partial charge < -0.3 is 20.1 Å². The number of carbonyl (C=O) groups excluding carboxylic acids is 1. The molecule has 1 unspecified atom stereocenters. The van der Waals surface area contributed by atoms with Crippen LogP contribution in [0.2, 0.25) is 0 Å². The van der Waals surface area contributed by atoms with Crippen LogP contribution >= 0.6 is 0 Å². The molecule has 0 saturated heterocycles. The van der Waals surface area contributed by atoms with Gasteiger partial charge in [-0.15, -0.1) is 0 Å². The summed E-state index contributed by atoms with van der Waals surface area (Å²) in [5.41, 5.74) is 0.972. The van der Waals surface area contributed by atoms with Crippen molar-refractivity contribution < 1.29 is 14.3 Å². The summed E-state index contributed by atoms with van der Waals surface area (Å²) in [4.78, 5) is 11.6. The molecule has 0 radical (unpaired) electrons. The van der Waals surface area contributed by atoms with E-state index in [0.29, 0.717) is 19.8 Å². The van der Waals surface area contributed by atoms with Gasteiger partial charge in [-0.1, -0.05) is 37.3 Å². The average Bonchev–Trinajstić information content (AvgIpc) is 2.49. The van der Waals surface area contributed by atoms with Gasteiger partial charge in [-0.25, -0.2) is 4.79 Å². The number of ether oxygens (including phenoxy) is 2. The molecule has 1 rings (SSSR count). The van der Waals surface area contributed by atoms with Gasteiger partial charge in [0.25, 0.3) is 0 Å². The number of alkyl carbamates (subject to hydrolysis) is 1. The zero-order chi connectivity index (χ0) is 14.6. The molecule has 0 aliphatic heterocycles. The monoisotopic (exact) mass is 280 g/mol. The molecule has 0 aliphatic rings. The summed E-state index contributed by atoms with van der Waals surface area (Å²) in [6.07, 6.45) is -0.409. The van der Waals surface area contributed by atoms with Crippen LogP contribution in [0.3, 0.4) is 0 Å². The van der Waals surface area contributed by atoms with Crippen LogP contribution in [0.25, 0.3) is 0 Å². The van der Waals surface area contributed by atoms with Crippen LogP contribution in [0.15, 0.2) is 30.3 Å². The van der Waals surface area contributed by atoms with E-state index in [1.54, 1.807) is 0 Å². The Bertz CT molecular complexity index is 371. The maximum Gasteiger partial charge on any atom is 0.407 e. The van der Waals surface area contributed by atoms with Gasteiger partial charge in [0, 0.05) is 19.2 Å². The Morgan fingerprint density at radius 3 is 2.65 bits per heavy atom. The highest BCUT2D eigenvalue weighted by Gasteiger charge is 2.10. The van der Waals surface area contributed by atoms with Crippen molar-refractivity contribution in [3.63, 3.8) is 0 Å². The number of nitrogens with one attached hydrogen (secondary N) is 2. The second-order valence-corrected chi connectivity index (χ2v) is 4.36. The van der Waals surface area contributed by atoms with Crippen LogP contribution in [-0.4, -0.2) is 38.4 Å². The van der Waals surface area contributed by atoms with E-state index in [0.717, 1.165) is 12.1 Å². The van der Waals surface area contributed by atoms with Crippen molar-refractivity contribution in [2.75, 3.05) is 26.3 Å². The number of hydrogen-bond donors (Lipinski definition) is 2. The molecule has 0 heterocycles. The van der Waals surface area contributed by atoms with E-state index < -0.39 is 6.09 Å². The van der Waals surface area contributed by atoms with Crippen molar-refractivity contribution in [2.24, 2.45) is 0 Å². The van der Waals surface area contributed by atoms with Crippen LogP contribution in [0.4, 0.5) is 4.79 Å². The Morgan fingerprint density at radius 1 is 1.25 bits per heavy atom. The van der Waals surface area contributed by atoms with E-state index in [4.69, 9.17) is 9.47 Å². The van der Waals surface area contributed by atoms with E-state index in [1.807, 2.05) is 44.2 Å². The quantitative estimate of drug-likeness (QED) is 0.725. The minimum atomic E-state index is -0.409. The van der Waals surface area contributed by atoms with Crippen LogP contribution in [-0.2, 0) is 16.1 Å². The lowest BCUT2D eigenvalue weighted by Crippen LogP contribution is -2.43. The van der Waals surface area contributed by atoms with Crippen LogP contribution in [0.1, 0.15) is 19.4 Å². The lowest BCUT2D eigenvalue weighted by molar-refractivity contribution is 0.116. The van der Waals surface area contributed by atoms with Crippen molar-refractivity contribution in [2.45, 2.75) is 26.5 Å². The molecule has 0 fully saturated rings. The standard InChI is InChI=1S/C15H24N2O3/c1-3-16-14(12-19-4-2)10-17-15(18)20-11-13-8-6-5-7-9-13/h5-9,14,16H,3-4,10-12H2,1-2H3,(H,17,18). The Hall–Kier alpha value is -1.59. The van der Waals surface area contributed by atoms with Gasteiger partial charge in [-0.2, -0.15) is 0 Å². The van der Waals surface area contributed by atoms with Crippen molar-refractivity contribution in [1.29, 1.82) is 0 Å². The smallest absolute Gasteiger partial charge is 0.407 e. The molecule has 112 valence electrons. The number of carbonyl (C=O) groups is 1. The first-order valence-electron chi connectivity index (χ1n) is 7.02. The second kappa shape index (κ2) is 10.2. The van der Waals surface area contributed by atoms with E-state index >= 15 is 0 Å². The number of amides is 1. The molecule has 5 nitrogen and oxygen atoms in total. The summed E-state index contributed by atoms with van der Waals surface area (Å²) in [5.74, 6) is 0. The summed E-state index contributed by atoms with van der Waals surface area (Å²) in [7, 11) is 0. The topological polar surface area (TPSA) is 59.6 Å².